The number of hydrogen-bond donors (Lipinski definition) is 0. The fraction of sp³-hybridized carbons (Fsp3) is 0.200. The SMILES string of the molecule is N#Cc1c(N2CCOCC2)c2ccccc2n2c1nc1ccccc12. The van der Waals surface area contributed by atoms with E-state index >= 15 is 0 Å². The number of pyridine rings is 1. The molecule has 4 aromatic rings. The molecule has 5 nitrogen and oxygen atoms in total. The van der Waals surface area contributed by atoms with Crippen LogP contribution in [-0.4, -0.2) is 35.7 Å². The summed E-state index contributed by atoms with van der Waals surface area (Å²) in [7, 11) is 0. The molecule has 2 aromatic heterocycles. The van der Waals surface area contributed by atoms with Gasteiger partial charge in [0.25, 0.3) is 0 Å². The maximum absolute atomic E-state index is 9.97. The van der Waals surface area contributed by atoms with Crippen LogP contribution in [0.3, 0.4) is 0 Å². The Morgan fingerprint density at radius 2 is 1.68 bits per heavy atom. The maximum atomic E-state index is 9.97. The van der Waals surface area contributed by atoms with Crippen molar-refractivity contribution in [2.24, 2.45) is 0 Å². The first kappa shape index (κ1) is 14.3. The lowest BCUT2D eigenvalue weighted by atomic mass is 10.1. The van der Waals surface area contributed by atoms with Gasteiger partial charge in [0, 0.05) is 18.5 Å². The van der Waals surface area contributed by atoms with Crippen LogP contribution in [0.25, 0.3) is 27.6 Å². The van der Waals surface area contributed by atoms with E-state index in [4.69, 9.17) is 9.72 Å². The highest BCUT2D eigenvalue weighted by atomic mass is 16.5. The van der Waals surface area contributed by atoms with Gasteiger partial charge in [-0.3, -0.25) is 4.40 Å². The van der Waals surface area contributed by atoms with Gasteiger partial charge in [0.15, 0.2) is 5.65 Å². The van der Waals surface area contributed by atoms with Crippen LogP contribution in [0, 0.1) is 11.3 Å². The molecule has 25 heavy (non-hydrogen) atoms. The normalized spacial score (nSPS) is 15.1. The Morgan fingerprint density at radius 1 is 0.960 bits per heavy atom. The van der Waals surface area contributed by atoms with E-state index < -0.39 is 0 Å². The summed E-state index contributed by atoms with van der Waals surface area (Å²) in [5.41, 5.74) is 5.35. The first-order valence-electron chi connectivity index (χ1n) is 8.43. The van der Waals surface area contributed by atoms with Crippen LogP contribution in [0.2, 0.25) is 0 Å². The minimum Gasteiger partial charge on any atom is -0.378 e. The van der Waals surface area contributed by atoms with Gasteiger partial charge < -0.3 is 9.64 Å². The molecule has 5 heteroatoms. The number of morpholine rings is 1. The van der Waals surface area contributed by atoms with Crippen LogP contribution in [0.5, 0.6) is 0 Å². The number of imidazole rings is 1. The van der Waals surface area contributed by atoms with Crippen molar-refractivity contribution in [3.05, 3.63) is 54.1 Å². The molecule has 0 spiro atoms. The maximum Gasteiger partial charge on any atom is 0.158 e. The zero-order chi connectivity index (χ0) is 16.8. The highest BCUT2D eigenvalue weighted by Crippen LogP contribution is 2.36. The summed E-state index contributed by atoms with van der Waals surface area (Å²) in [6.45, 7) is 2.94. The van der Waals surface area contributed by atoms with Gasteiger partial charge in [-0.1, -0.05) is 30.3 Å². The summed E-state index contributed by atoms with van der Waals surface area (Å²) >= 11 is 0. The summed E-state index contributed by atoms with van der Waals surface area (Å²) in [5, 5.41) is 11.1. The Labute approximate surface area is 144 Å². The van der Waals surface area contributed by atoms with E-state index in [0.717, 1.165) is 46.4 Å². The molecule has 1 fully saturated rings. The number of rotatable bonds is 1. The molecule has 0 bridgehead atoms. The van der Waals surface area contributed by atoms with Gasteiger partial charge >= 0.3 is 0 Å². The molecule has 0 saturated carbocycles. The molecule has 0 radical (unpaired) electrons. The van der Waals surface area contributed by atoms with Crippen molar-refractivity contribution in [1.82, 2.24) is 9.38 Å². The number of aromatic nitrogens is 2. The second-order valence-electron chi connectivity index (χ2n) is 6.21. The topological polar surface area (TPSA) is 53.6 Å². The lowest BCUT2D eigenvalue weighted by Crippen LogP contribution is -2.37. The molecule has 0 amide bonds. The van der Waals surface area contributed by atoms with E-state index in [0.29, 0.717) is 18.8 Å². The third kappa shape index (κ3) is 2.01. The van der Waals surface area contributed by atoms with E-state index in [1.54, 1.807) is 0 Å². The van der Waals surface area contributed by atoms with E-state index in [9.17, 15) is 5.26 Å². The van der Waals surface area contributed by atoms with Crippen molar-refractivity contribution in [2.45, 2.75) is 0 Å². The number of para-hydroxylation sites is 3. The fourth-order valence-corrected chi connectivity index (χ4v) is 3.77. The number of nitriles is 1. The summed E-state index contributed by atoms with van der Waals surface area (Å²) < 4.78 is 7.60. The van der Waals surface area contributed by atoms with Gasteiger partial charge in [-0.25, -0.2) is 4.98 Å². The molecule has 1 saturated heterocycles. The molecule has 122 valence electrons. The molecular formula is C20H16N4O. The summed E-state index contributed by atoms with van der Waals surface area (Å²) in [6, 6.07) is 18.7. The van der Waals surface area contributed by atoms with Crippen molar-refractivity contribution < 1.29 is 4.74 Å². The molecule has 1 aliphatic heterocycles. The third-order valence-corrected chi connectivity index (χ3v) is 4.86. The quantitative estimate of drug-likeness (QED) is 0.538. The monoisotopic (exact) mass is 328 g/mol. The average molecular weight is 328 g/mol. The van der Waals surface area contributed by atoms with Gasteiger partial charge in [-0.2, -0.15) is 5.26 Å². The van der Waals surface area contributed by atoms with Crippen LogP contribution in [-0.2, 0) is 4.74 Å². The van der Waals surface area contributed by atoms with Crippen molar-refractivity contribution in [3.8, 4) is 6.07 Å². The zero-order valence-corrected chi connectivity index (χ0v) is 13.6. The summed E-state index contributed by atoms with van der Waals surface area (Å²) in [6.07, 6.45) is 0. The lowest BCUT2D eigenvalue weighted by molar-refractivity contribution is 0.123. The number of anilines is 1. The van der Waals surface area contributed by atoms with Crippen molar-refractivity contribution in [2.75, 3.05) is 31.2 Å². The van der Waals surface area contributed by atoms with E-state index in [1.165, 1.54) is 0 Å². The average Bonchev–Trinajstić information content (AvgIpc) is 3.07. The van der Waals surface area contributed by atoms with Gasteiger partial charge in [-0.05, 0) is 18.2 Å². The second-order valence-corrected chi connectivity index (χ2v) is 6.21. The molecule has 5 rings (SSSR count). The molecule has 3 heterocycles. The standard InChI is InChI=1S/C20H16N4O/c21-13-15-19(23-9-11-25-12-10-23)14-5-1-3-7-17(14)24-18-8-4-2-6-16(18)22-20(15)24/h1-8H,9-12H2. The van der Waals surface area contributed by atoms with E-state index in [-0.39, 0.29) is 0 Å². The number of hydrogen-bond acceptors (Lipinski definition) is 4. The third-order valence-electron chi connectivity index (χ3n) is 4.86. The first-order valence-corrected chi connectivity index (χ1v) is 8.43. The molecule has 0 atom stereocenters. The lowest BCUT2D eigenvalue weighted by Gasteiger charge is -2.30. The number of benzene rings is 2. The molecule has 0 aliphatic carbocycles. The predicted molar refractivity (Wildman–Crippen MR) is 98.0 cm³/mol. The van der Waals surface area contributed by atoms with Gasteiger partial charge in [0.2, 0.25) is 0 Å². The Morgan fingerprint density at radius 3 is 2.48 bits per heavy atom. The number of nitrogens with zero attached hydrogens (tertiary/aromatic N) is 4. The van der Waals surface area contributed by atoms with Crippen molar-refractivity contribution in [3.63, 3.8) is 0 Å². The van der Waals surface area contributed by atoms with E-state index in [2.05, 4.69) is 33.6 Å². The smallest absolute Gasteiger partial charge is 0.158 e. The van der Waals surface area contributed by atoms with Gasteiger partial charge in [0.1, 0.15) is 11.6 Å². The first-order chi connectivity index (χ1) is 12.4. The highest BCUT2D eigenvalue weighted by molar-refractivity contribution is 6.02. The van der Waals surface area contributed by atoms with Crippen LogP contribution >= 0.6 is 0 Å². The molecule has 2 aromatic carbocycles. The fourth-order valence-electron chi connectivity index (χ4n) is 3.77. The Bertz CT molecular complexity index is 1150. The molecule has 0 N–H and O–H groups in total. The predicted octanol–water partition coefficient (Wildman–Crippen LogP) is 3.35. The Kier molecular flexibility index (Phi) is 3.12. The van der Waals surface area contributed by atoms with Gasteiger partial charge in [-0.15, -0.1) is 0 Å². The van der Waals surface area contributed by atoms with Crippen molar-refractivity contribution >= 4 is 33.3 Å². The molecule has 1 aliphatic rings. The van der Waals surface area contributed by atoms with Crippen LogP contribution < -0.4 is 4.90 Å². The minimum absolute atomic E-state index is 0.636. The summed E-state index contributed by atoms with van der Waals surface area (Å²) in [5.74, 6) is 0. The Hall–Kier alpha value is -3.10. The number of ether oxygens (including phenoxy) is 1. The largest absolute Gasteiger partial charge is 0.378 e. The second kappa shape index (κ2) is 5.47. The Balaban J connectivity index is 1.99. The van der Waals surface area contributed by atoms with Gasteiger partial charge in [0.05, 0.1) is 35.5 Å². The number of fused-ring (bicyclic) bond motifs is 5. The molecule has 0 unspecified atom stereocenters. The highest BCUT2D eigenvalue weighted by Gasteiger charge is 2.23. The summed E-state index contributed by atoms with van der Waals surface area (Å²) in [4.78, 5) is 7.03. The zero-order valence-electron chi connectivity index (χ0n) is 13.6. The van der Waals surface area contributed by atoms with Crippen LogP contribution in [0.1, 0.15) is 5.56 Å². The van der Waals surface area contributed by atoms with Crippen molar-refractivity contribution in [1.29, 1.82) is 5.26 Å². The minimum atomic E-state index is 0.636. The van der Waals surface area contributed by atoms with Crippen LogP contribution in [0.4, 0.5) is 5.69 Å². The van der Waals surface area contributed by atoms with E-state index in [1.807, 2.05) is 30.3 Å². The van der Waals surface area contributed by atoms with Crippen LogP contribution in [0.15, 0.2) is 48.5 Å². The molecular weight excluding hydrogens is 312 g/mol.